The van der Waals surface area contributed by atoms with Gasteiger partial charge in [0, 0.05) is 0 Å². The fourth-order valence-corrected chi connectivity index (χ4v) is 4.39. The van der Waals surface area contributed by atoms with Crippen molar-refractivity contribution in [3.05, 3.63) is 29.8 Å². The molecule has 0 nitrogen and oxygen atoms in total. The molecule has 1 heteroatoms. The maximum atomic E-state index is 2.41. The van der Waals surface area contributed by atoms with Crippen molar-refractivity contribution < 1.29 is 0 Å². The van der Waals surface area contributed by atoms with Crippen molar-refractivity contribution >= 4 is 23.7 Å². The van der Waals surface area contributed by atoms with Gasteiger partial charge in [-0.25, -0.2) is 0 Å². The van der Waals surface area contributed by atoms with E-state index in [2.05, 4.69) is 40.9 Å². The van der Waals surface area contributed by atoms with Crippen molar-refractivity contribution in [3.63, 3.8) is 0 Å². The molecule has 0 fully saturated rings. The van der Waals surface area contributed by atoms with E-state index in [0.717, 1.165) is 0 Å². The van der Waals surface area contributed by atoms with Crippen LogP contribution in [0.2, 0.25) is 9.74 Å². The van der Waals surface area contributed by atoms with Gasteiger partial charge in [0.25, 0.3) is 0 Å². The van der Waals surface area contributed by atoms with Crippen molar-refractivity contribution in [2.45, 2.75) is 16.7 Å². The molecular formula is C9H13Sb. The number of hydrogen-bond acceptors (Lipinski definition) is 0. The first-order valence-corrected chi connectivity index (χ1v) is 9.83. The van der Waals surface area contributed by atoms with Crippen LogP contribution in [-0.2, 0) is 0 Å². The van der Waals surface area contributed by atoms with E-state index in [0.29, 0.717) is 0 Å². The molecule has 1 rings (SSSR count). The first-order chi connectivity index (χ1) is 4.72. The van der Waals surface area contributed by atoms with Crippen LogP contribution in [0, 0.1) is 6.92 Å². The Morgan fingerprint density at radius 3 is 2.10 bits per heavy atom. The summed E-state index contributed by atoms with van der Waals surface area (Å²) in [5.41, 5.74) is 1.48. The minimum atomic E-state index is -0.959. The zero-order chi connectivity index (χ0) is 7.56. The van der Waals surface area contributed by atoms with Crippen LogP contribution in [-0.4, -0.2) is 20.2 Å². The Hall–Kier alpha value is 0.0382. The second-order valence-corrected chi connectivity index (χ2v) is 9.16. The number of rotatable bonds is 1. The summed E-state index contributed by atoms with van der Waals surface area (Å²) >= 11 is -0.959. The molecule has 0 aliphatic carbocycles. The Balaban J connectivity index is 3.03. The van der Waals surface area contributed by atoms with E-state index in [1.165, 1.54) is 5.56 Å². The van der Waals surface area contributed by atoms with Crippen LogP contribution in [0.25, 0.3) is 0 Å². The predicted molar refractivity (Wildman–Crippen MR) is 48.3 cm³/mol. The van der Waals surface area contributed by atoms with Crippen LogP contribution < -0.4 is 3.51 Å². The summed E-state index contributed by atoms with van der Waals surface area (Å²) in [5.74, 6) is 0. The van der Waals surface area contributed by atoms with Gasteiger partial charge in [-0.2, -0.15) is 0 Å². The number of aryl methyl sites for hydroxylation is 1. The van der Waals surface area contributed by atoms with Gasteiger partial charge in [-0.3, -0.25) is 0 Å². The summed E-state index contributed by atoms with van der Waals surface area (Å²) in [4.78, 5) is 4.82. The molecule has 0 saturated heterocycles. The SMILES string of the molecule is Cc1cccc[c]1[Sb]([CH3])[CH3]. The van der Waals surface area contributed by atoms with Gasteiger partial charge in [0.1, 0.15) is 0 Å². The van der Waals surface area contributed by atoms with Crippen LogP contribution >= 0.6 is 0 Å². The Morgan fingerprint density at radius 1 is 1.10 bits per heavy atom. The Kier molecular flexibility index (Phi) is 2.80. The van der Waals surface area contributed by atoms with Gasteiger partial charge in [-0.05, 0) is 0 Å². The molecule has 0 atom stereocenters. The molecule has 0 aromatic heterocycles. The summed E-state index contributed by atoms with van der Waals surface area (Å²) in [7, 11) is 0. The van der Waals surface area contributed by atoms with Crippen LogP contribution in [0.1, 0.15) is 5.56 Å². The molecule has 1 aromatic rings. The average molecular weight is 243 g/mol. The van der Waals surface area contributed by atoms with E-state index < -0.39 is 20.2 Å². The second-order valence-electron chi connectivity index (χ2n) is 2.68. The maximum absolute atomic E-state index is 2.41. The normalized spacial score (nSPS) is 10.4. The van der Waals surface area contributed by atoms with Crippen LogP contribution in [0.5, 0.6) is 0 Å². The summed E-state index contributed by atoms with van der Waals surface area (Å²) in [5, 5.41) is 0. The Morgan fingerprint density at radius 2 is 1.70 bits per heavy atom. The van der Waals surface area contributed by atoms with Crippen LogP contribution in [0.4, 0.5) is 0 Å². The Bertz CT molecular complexity index is 216. The monoisotopic (exact) mass is 242 g/mol. The van der Waals surface area contributed by atoms with Gasteiger partial charge in [-0.15, -0.1) is 0 Å². The third kappa shape index (κ3) is 1.76. The molecule has 54 valence electrons. The molecular weight excluding hydrogens is 230 g/mol. The van der Waals surface area contributed by atoms with Gasteiger partial charge in [0.15, 0.2) is 0 Å². The second kappa shape index (κ2) is 3.44. The molecule has 0 bridgehead atoms. The molecule has 1 aromatic carbocycles. The van der Waals surface area contributed by atoms with Crippen molar-refractivity contribution in [2.75, 3.05) is 0 Å². The molecule has 0 amide bonds. The third-order valence-corrected chi connectivity index (χ3v) is 5.78. The molecule has 0 aliphatic heterocycles. The summed E-state index contributed by atoms with van der Waals surface area (Å²) in [6.07, 6.45) is 0. The van der Waals surface area contributed by atoms with E-state index >= 15 is 0 Å². The van der Waals surface area contributed by atoms with E-state index in [9.17, 15) is 0 Å². The van der Waals surface area contributed by atoms with E-state index in [-0.39, 0.29) is 0 Å². The quantitative estimate of drug-likeness (QED) is 0.661. The van der Waals surface area contributed by atoms with Crippen molar-refractivity contribution in [1.29, 1.82) is 0 Å². The molecule has 0 heterocycles. The van der Waals surface area contributed by atoms with Gasteiger partial charge in [-0.1, -0.05) is 0 Å². The topological polar surface area (TPSA) is 0 Å². The van der Waals surface area contributed by atoms with Gasteiger partial charge < -0.3 is 0 Å². The van der Waals surface area contributed by atoms with Crippen LogP contribution in [0.3, 0.4) is 0 Å². The Labute approximate surface area is 70.2 Å². The zero-order valence-corrected chi connectivity index (χ0v) is 9.31. The summed E-state index contributed by atoms with van der Waals surface area (Å²) in [6, 6.07) is 8.74. The van der Waals surface area contributed by atoms with Crippen molar-refractivity contribution in [1.82, 2.24) is 0 Å². The van der Waals surface area contributed by atoms with Gasteiger partial charge >= 0.3 is 70.2 Å². The fourth-order valence-electron chi connectivity index (χ4n) is 1.07. The predicted octanol–water partition coefficient (Wildman–Crippen LogP) is 1.96. The fraction of sp³-hybridized carbons (Fsp3) is 0.333. The molecule has 0 aliphatic rings. The summed E-state index contributed by atoms with van der Waals surface area (Å²) < 4.78 is 1.64. The molecule has 0 spiro atoms. The third-order valence-electron chi connectivity index (χ3n) is 1.60. The van der Waals surface area contributed by atoms with Crippen molar-refractivity contribution in [3.8, 4) is 0 Å². The first kappa shape index (κ1) is 8.14. The molecule has 0 saturated carbocycles. The summed E-state index contributed by atoms with van der Waals surface area (Å²) in [6.45, 7) is 2.21. The van der Waals surface area contributed by atoms with E-state index in [4.69, 9.17) is 0 Å². The molecule has 10 heavy (non-hydrogen) atoms. The van der Waals surface area contributed by atoms with Gasteiger partial charge in [0.2, 0.25) is 0 Å². The minimum absolute atomic E-state index is 0.959. The molecule has 0 radical (unpaired) electrons. The molecule has 0 unspecified atom stereocenters. The van der Waals surface area contributed by atoms with Crippen LogP contribution in [0.15, 0.2) is 24.3 Å². The van der Waals surface area contributed by atoms with E-state index in [1.807, 2.05) is 0 Å². The standard InChI is InChI=1S/C7H7.2CH3.Sb/c1-7-5-3-2-4-6-7;;;/h2-5H,1H3;2*1H3;. The average Bonchev–Trinajstić information content (AvgIpc) is 1.88. The molecule has 0 N–H and O–H groups in total. The number of hydrogen-bond donors (Lipinski definition) is 0. The van der Waals surface area contributed by atoms with Crippen molar-refractivity contribution in [2.24, 2.45) is 0 Å². The van der Waals surface area contributed by atoms with E-state index in [1.54, 1.807) is 3.51 Å². The first-order valence-electron chi connectivity index (χ1n) is 3.45. The van der Waals surface area contributed by atoms with Gasteiger partial charge in [0.05, 0.1) is 0 Å². The zero-order valence-electron chi connectivity index (χ0n) is 6.76. The number of benzene rings is 1.